The monoisotopic (exact) mass is 632 g/mol. The van der Waals surface area contributed by atoms with Gasteiger partial charge in [0.1, 0.15) is 0 Å². The lowest BCUT2D eigenvalue weighted by atomic mass is 9.81. The second-order valence-corrected chi connectivity index (χ2v) is 14.1. The Morgan fingerprint density at radius 3 is 1.69 bits per heavy atom. The van der Waals surface area contributed by atoms with Gasteiger partial charge in [0.25, 0.3) is 0 Å². The number of hydrogen-bond donors (Lipinski definition) is 0. The fraction of sp³-hybridized carbons (Fsp3) is 0.133. The number of para-hydroxylation sites is 1. The minimum absolute atomic E-state index is 0.0773. The molecule has 9 rings (SSSR count). The van der Waals surface area contributed by atoms with Crippen LogP contribution in [-0.4, -0.2) is 15.0 Å². The van der Waals surface area contributed by atoms with Gasteiger partial charge in [-0.05, 0) is 68.8 Å². The Balaban J connectivity index is 1.29. The van der Waals surface area contributed by atoms with Crippen molar-refractivity contribution in [2.24, 2.45) is 0 Å². The molecule has 1 aromatic heterocycles. The van der Waals surface area contributed by atoms with Crippen molar-refractivity contribution in [3.05, 3.63) is 168 Å². The molecule has 1 heterocycles. The van der Waals surface area contributed by atoms with Crippen LogP contribution in [0, 0.1) is 0 Å². The van der Waals surface area contributed by atoms with Crippen molar-refractivity contribution < 1.29 is 0 Å². The SMILES string of the molecule is CC1(C)c2ccccc2-c2cc(-c3nc(-c4ccccc4)nc(N(c4ccccc4)c4cccc5c4C(C)(C)c4ccccc4-5)n3)ccc21. The Morgan fingerprint density at radius 2 is 0.980 bits per heavy atom. The van der Waals surface area contributed by atoms with E-state index in [1.54, 1.807) is 0 Å². The first-order chi connectivity index (χ1) is 23.8. The van der Waals surface area contributed by atoms with E-state index in [9.17, 15) is 0 Å². The third-order valence-corrected chi connectivity index (χ3v) is 10.5. The average molecular weight is 633 g/mol. The normalized spacial score (nSPS) is 14.4. The summed E-state index contributed by atoms with van der Waals surface area (Å²) in [6, 6.07) is 51.5. The molecule has 0 saturated carbocycles. The summed E-state index contributed by atoms with van der Waals surface area (Å²) in [4.78, 5) is 17.9. The van der Waals surface area contributed by atoms with Crippen molar-refractivity contribution in [1.29, 1.82) is 0 Å². The summed E-state index contributed by atoms with van der Waals surface area (Å²) in [5.41, 5.74) is 13.9. The molecule has 4 heteroatoms. The molecule has 2 aliphatic rings. The highest BCUT2D eigenvalue weighted by Gasteiger charge is 2.39. The summed E-state index contributed by atoms with van der Waals surface area (Å²) in [6.45, 7) is 9.26. The second-order valence-electron chi connectivity index (χ2n) is 14.1. The van der Waals surface area contributed by atoms with E-state index in [-0.39, 0.29) is 10.8 Å². The highest BCUT2D eigenvalue weighted by atomic mass is 15.3. The van der Waals surface area contributed by atoms with E-state index in [0.717, 1.165) is 22.5 Å². The predicted octanol–water partition coefficient (Wildman–Crippen LogP) is 11.3. The molecule has 0 unspecified atom stereocenters. The first kappa shape index (κ1) is 29.3. The van der Waals surface area contributed by atoms with Crippen LogP contribution in [0.2, 0.25) is 0 Å². The van der Waals surface area contributed by atoms with Crippen LogP contribution in [0.25, 0.3) is 45.0 Å². The van der Waals surface area contributed by atoms with E-state index in [4.69, 9.17) is 15.0 Å². The van der Waals surface area contributed by atoms with Crippen molar-refractivity contribution in [3.63, 3.8) is 0 Å². The van der Waals surface area contributed by atoms with Crippen molar-refractivity contribution in [2.45, 2.75) is 38.5 Å². The van der Waals surface area contributed by atoms with Crippen LogP contribution < -0.4 is 4.90 Å². The van der Waals surface area contributed by atoms with Gasteiger partial charge in [0.2, 0.25) is 5.95 Å². The lowest BCUT2D eigenvalue weighted by Gasteiger charge is -2.31. The molecular formula is C45H36N4. The van der Waals surface area contributed by atoms with Crippen LogP contribution in [0.4, 0.5) is 17.3 Å². The van der Waals surface area contributed by atoms with Crippen LogP contribution in [0.15, 0.2) is 146 Å². The number of benzene rings is 6. The molecule has 7 aromatic rings. The Hall–Kier alpha value is -5.87. The summed E-state index contributed by atoms with van der Waals surface area (Å²) >= 11 is 0. The Kier molecular flexibility index (Phi) is 6.47. The molecular weight excluding hydrogens is 597 g/mol. The summed E-state index contributed by atoms with van der Waals surface area (Å²) in [5.74, 6) is 1.86. The summed E-state index contributed by atoms with van der Waals surface area (Å²) < 4.78 is 0. The highest BCUT2D eigenvalue weighted by Crippen LogP contribution is 2.54. The average Bonchev–Trinajstić information content (AvgIpc) is 3.52. The molecule has 0 radical (unpaired) electrons. The molecule has 236 valence electrons. The molecule has 2 aliphatic carbocycles. The largest absolute Gasteiger partial charge is 0.279 e. The number of aromatic nitrogens is 3. The van der Waals surface area contributed by atoms with E-state index in [1.807, 2.05) is 18.2 Å². The highest BCUT2D eigenvalue weighted by molar-refractivity contribution is 5.90. The minimum atomic E-state index is -0.228. The minimum Gasteiger partial charge on any atom is -0.279 e. The molecule has 49 heavy (non-hydrogen) atoms. The quantitative estimate of drug-likeness (QED) is 0.189. The summed E-state index contributed by atoms with van der Waals surface area (Å²) in [5, 5.41) is 0. The number of nitrogens with zero attached hydrogens (tertiary/aromatic N) is 4. The van der Waals surface area contributed by atoms with Gasteiger partial charge in [0.05, 0.1) is 5.69 Å². The molecule has 0 atom stereocenters. The van der Waals surface area contributed by atoms with Gasteiger partial charge in [-0.25, -0.2) is 4.98 Å². The zero-order chi connectivity index (χ0) is 33.3. The van der Waals surface area contributed by atoms with Crippen molar-refractivity contribution in [1.82, 2.24) is 15.0 Å². The molecule has 0 saturated heterocycles. The first-order valence-electron chi connectivity index (χ1n) is 17.0. The van der Waals surface area contributed by atoms with Crippen LogP contribution in [0.1, 0.15) is 49.9 Å². The molecule has 4 nitrogen and oxygen atoms in total. The second kappa shape index (κ2) is 10.8. The van der Waals surface area contributed by atoms with E-state index >= 15 is 0 Å². The van der Waals surface area contributed by atoms with Crippen LogP contribution in [0.5, 0.6) is 0 Å². The van der Waals surface area contributed by atoms with Gasteiger partial charge in [-0.3, -0.25) is 4.90 Å². The van der Waals surface area contributed by atoms with Gasteiger partial charge in [-0.2, -0.15) is 9.97 Å². The lowest BCUT2D eigenvalue weighted by molar-refractivity contribution is 0.660. The molecule has 0 amide bonds. The zero-order valence-corrected chi connectivity index (χ0v) is 28.1. The van der Waals surface area contributed by atoms with Crippen LogP contribution in [0.3, 0.4) is 0 Å². The summed E-state index contributed by atoms with van der Waals surface area (Å²) in [7, 11) is 0. The van der Waals surface area contributed by atoms with Gasteiger partial charge in [-0.15, -0.1) is 0 Å². The summed E-state index contributed by atoms with van der Waals surface area (Å²) in [6.07, 6.45) is 0. The van der Waals surface area contributed by atoms with E-state index in [2.05, 4.69) is 160 Å². The third-order valence-electron chi connectivity index (χ3n) is 10.5. The van der Waals surface area contributed by atoms with Crippen molar-refractivity contribution in [3.8, 4) is 45.0 Å². The maximum absolute atomic E-state index is 5.33. The maximum Gasteiger partial charge on any atom is 0.238 e. The number of fused-ring (bicyclic) bond motifs is 6. The Labute approximate surface area is 287 Å². The van der Waals surface area contributed by atoms with Gasteiger partial charge < -0.3 is 0 Å². The topological polar surface area (TPSA) is 41.9 Å². The van der Waals surface area contributed by atoms with Crippen LogP contribution >= 0.6 is 0 Å². The molecule has 0 bridgehead atoms. The number of anilines is 3. The van der Waals surface area contributed by atoms with Crippen molar-refractivity contribution >= 4 is 17.3 Å². The molecule has 6 aromatic carbocycles. The number of rotatable bonds is 5. The third kappa shape index (κ3) is 4.48. The fourth-order valence-corrected chi connectivity index (χ4v) is 8.11. The van der Waals surface area contributed by atoms with E-state index in [0.29, 0.717) is 17.6 Å². The van der Waals surface area contributed by atoms with Gasteiger partial charge in [0, 0.05) is 27.6 Å². The van der Waals surface area contributed by atoms with Gasteiger partial charge >= 0.3 is 0 Å². The smallest absolute Gasteiger partial charge is 0.238 e. The molecule has 0 fully saturated rings. The standard InChI is InChI=1S/C45H36N4/c1-44(2)36-23-13-12-21-33(36)35-28-30(26-27-38(35)44)42-46-41(29-16-7-5-8-17-29)47-43(48-42)49(31-18-9-6-10-19-31)39-25-15-22-34-32-20-11-14-24-37(32)45(3,4)40(34)39/h5-28H,1-4H3. The zero-order valence-electron chi connectivity index (χ0n) is 28.1. The van der Waals surface area contributed by atoms with E-state index < -0.39 is 0 Å². The van der Waals surface area contributed by atoms with Crippen molar-refractivity contribution in [2.75, 3.05) is 4.90 Å². The number of hydrogen-bond acceptors (Lipinski definition) is 4. The Bertz CT molecular complexity index is 2390. The molecule has 0 N–H and O–H groups in total. The predicted molar refractivity (Wildman–Crippen MR) is 201 cm³/mol. The lowest BCUT2D eigenvalue weighted by Crippen LogP contribution is -2.22. The maximum atomic E-state index is 5.33. The van der Waals surface area contributed by atoms with Crippen LogP contribution in [-0.2, 0) is 10.8 Å². The van der Waals surface area contributed by atoms with Gasteiger partial charge in [0.15, 0.2) is 11.6 Å². The van der Waals surface area contributed by atoms with Gasteiger partial charge in [-0.1, -0.05) is 149 Å². The van der Waals surface area contributed by atoms with E-state index in [1.165, 1.54) is 44.5 Å². The molecule has 0 spiro atoms. The fourth-order valence-electron chi connectivity index (χ4n) is 8.11. The Morgan fingerprint density at radius 1 is 0.429 bits per heavy atom. The molecule has 0 aliphatic heterocycles. The first-order valence-corrected chi connectivity index (χ1v) is 17.0.